The highest BCUT2D eigenvalue weighted by Gasteiger charge is 2.38. The van der Waals surface area contributed by atoms with Gasteiger partial charge in [0, 0.05) is 59.6 Å². The molecule has 19 heteroatoms. The van der Waals surface area contributed by atoms with Gasteiger partial charge in [-0.25, -0.2) is 14.8 Å². The number of halogens is 1. The van der Waals surface area contributed by atoms with Crippen molar-refractivity contribution in [2.24, 2.45) is 0 Å². The number of piperidine rings is 1. The lowest BCUT2D eigenvalue weighted by atomic mass is 10.1. The van der Waals surface area contributed by atoms with Gasteiger partial charge in [0.15, 0.2) is 11.3 Å². The maximum Gasteiger partial charge on any atom is 0.416 e. The first-order valence-electron chi connectivity index (χ1n) is 18.9. The molecule has 0 radical (unpaired) electrons. The van der Waals surface area contributed by atoms with Gasteiger partial charge in [0.25, 0.3) is 11.8 Å². The van der Waals surface area contributed by atoms with Gasteiger partial charge in [0.2, 0.25) is 11.8 Å². The molecule has 4 N–H and O–H groups in total. The molecule has 1 atom stereocenters. The van der Waals surface area contributed by atoms with Crippen LogP contribution in [0.1, 0.15) is 83.3 Å². The Kier molecular flexibility index (Phi) is 9.93. The molecule has 7 heterocycles. The lowest BCUT2D eigenvalue weighted by molar-refractivity contribution is -0.125. The van der Waals surface area contributed by atoms with Crippen LogP contribution in [0.2, 0.25) is 5.15 Å². The van der Waals surface area contributed by atoms with Crippen LogP contribution in [0.15, 0.2) is 35.7 Å². The number of carbonyl (C=O) groups is 5. The summed E-state index contributed by atoms with van der Waals surface area (Å²) in [7, 11) is 0. The number of nitrogens with one attached hydrogen (secondary N) is 3. The summed E-state index contributed by atoms with van der Waals surface area (Å²) in [6.45, 7) is 6.80. The average molecular weight is 800 g/mol. The molecule has 0 spiro atoms. The normalized spacial score (nSPS) is 21.3. The second kappa shape index (κ2) is 14.9. The van der Waals surface area contributed by atoms with E-state index in [-0.39, 0.29) is 47.9 Å². The van der Waals surface area contributed by atoms with Gasteiger partial charge in [0.05, 0.1) is 31.3 Å². The van der Waals surface area contributed by atoms with Crippen LogP contribution in [0.5, 0.6) is 0 Å². The first kappa shape index (κ1) is 38.0. The Bertz CT molecular complexity index is 2390. The number of aromatic nitrogens is 6. The molecule has 5 aliphatic rings. The van der Waals surface area contributed by atoms with E-state index in [1.165, 1.54) is 10.7 Å². The van der Waals surface area contributed by atoms with Gasteiger partial charge in [0.1, 0.15) is 28.2 Å². The molecule has 9 rings (SSSR count). The second-order valence-corrected chi connectivity index (χ2v) is 16.2. The number of β-amino-alcohol motifs (C(OH)–C–C–N with tert-alkyl or cyclic N) is 1. The van der Waals surface area contributed by atoms with E-state index in [9.17, 15) is 29.1 Å². The number of nitrogens with zero attached hydrogens (tertiary/aromatic N) is 8. The molecule has 3 saturated heterocycles. The molecule has 1 unspecified atom stereocenters. The van der Waals surface area contributed by atoms with Crippen molar-refractivity contribution < 1.29 is 33.8 Å². The molecule has 0 bridgehead atoms. The van der Waals surface area contributed by atoms with Crippen LogP contribution in [0, 0.1) is 0 Å². The van der Waals surface area contributed by atoms with Gasteiger partial charge in [-0.05, 0) is 71.4 Å². The van der Waals surface area contributed by atoms with Gasteiger partial charge in [-0.3, -0.25) is 34.7 Å². The highest BCUT2D eigenvalue weighted by Crippen LogP contribution is 2.35. The van der Waals surface area contributed by atoms with E-state index >= 15 is 0 Å². The summed E-state index contributed by atoms with van der Waals surface area (Å²) in [4.78, 5) is 72.3. The highest BCUT2D eigenvalue weighted by atomic mass is 35.5. The van der Waals surface area contributed by atoms with Crippen molar-refractivity contribution >= 4 is 82.2 Å². The minimum atomic E-state index is -0.651. The summed E-state index contributed by atoms with van der Waals surface area (Å²) in [5.41, 5.74) is 2.30. The molecule has 0 aromatic carbocycles. The van der Waals surface area contributed by atoms with Gasteiger partial charge >= 0.3 is 6.09 Å². The maximum absolute atomic E-state index is 12.9. The molecule has 57 heavy (non-hydrogen) atoms. The third-order valence-corrected chi connectivity index (χ3v) is 9.98. The zero-order valence-electron chi connectivity index (χ0n) is 31.6. The number of carbonyl (C=O) groups excluding carboxylic acids is 5. The van der Waals surface area contributed by atoms with Crippen LogP contribution in [0.4, 0.5) is 22.2 Å². The Balaban J connectivity index is 0.000000160. The molecule has 5 fully saturated rings. The fraction of sp³-hybridized carbons (Fsp3) is 0.447. The van der Waals surface area contributed by atoms with Crippen molar-refractivity contribution in [1.29, 1.82) is 0 Å². The molecule has 298 valence electrons. The van der Waals surface area contributed by atoms with E-state index in [0.717, 1.165) is 56.7 Å². The van der Waals surface area contributed by atoms with Crippen LogP contribution in [0.25, 0.3) is 23.4 Å². The predicted octanol–water partition coefficient (Wildman–Crippen LogP) is 3.41. The number of amides is 5. The molecule has 5 amide bonds. The fourth-order valence-electron chi connectivity index (χ4n) is 6.83. The number of aliphatic hydroxyl groups excluding tert-OH is 1. The smallest absolute Gasteiger partial charge is 0.416 e. The zero-order chi connectivity index (χ0) is 40.2. The number of hydrogen-bond donors (Lipinski definition) is 4. The van der Waals surface area contributed by atoms with Crippen LogP contribution in [-0.2, 0) is 23.9 Å². The minimum Gasteiger partial charge on any atom is -0.443 e. The largest absolute Gasteiger partial charge is 0.443 e. The van der Waals surface area contributed by atoms with E-state index in [2.05, 4.69) is 36.0 Å². The Morgan fingerprint density at radius 3 is 2.07 bits per heavy atom. The second-order valence-electron chi connectivity index (χ2n) is 15.8. The van der Waals surface area contributed by atoms with Crippen molar-refractivity contribution in [2.75, 3.05) is 28.2 Å². The van der Waals surface area contributed by atoms with Gasteiger partial charge in [-0.15, -0.1) is 0 Å². The number of hydrogen-bond acceptors (Lipinski definition) is 13. The Hall–Kier alpha value is -5.88. The van der Waals surface area contributed by atoms with Gasteiger partial charge in [-0.2, -0.15) is 19.2 Å². The summed E-state index contributed by atoms with van der Waals surface area (Å²) in [5.74, 6) is 0.615. The topological polar surface area (TPSA) is 218 Å². The van der Waals surface area contributed by atoms with Gasteiger partial charge < -0.3 is 20.1 Å². The summed E-state index contributed by atoms with van der Waals surface area (Å²) < 4.78 is 8.80. The quantitative estimate of drug-likeness (QED) is 0.120. The Labute approximate surface area is 331 Å². The molecule has 18 nitrogen and oxygen atoms in total. The highest BCUT2D eigenvalue weighted by molar-refractivity contribution is 6.30. The number of rotatable bonds is 7. The summed E-state index contributed by atoms with van der Waals surface area (Å²) in [6.07, 6.45) is 11.3. The molecular formula is C38H42ClN11O7. The minimum absolute atomic E-state index is 0.00393. The summed E-state index contributed by atoms with van der Waals surface area (Å²) >= 11 is 6.24. The average Bonchev–Trinajstić information content (AvgIpc) is 4.00. The van der Waals surface area contributed by atoms with Gasteiger partial charge in [-0.1, -0.05) is 11.6 Å². The Morgan fingerprint density at radius 2 is 1.53 bits per heavy atom. The fourth-order valence-corrected chi connectivity index (χ4v) is 7.01. The number of aliphatic hydroxyl groups is 1. The molecule has 4 aromatic heterocycles. The van der Waals surface area contributed by atoms with Crippen LogP contribution < -0.4 is 25.8 Å². The number of fused-ring (bicyclic) bond motifs is 2. The standard InChI is InChI=1S/C19H20ClN5O4.C19H22N6O3/c1-19(2,3)29-18(28)24(12-4-5-12)15-8-13(20)22-16-11(9-21-25(15)16)6-10-7-14(26)23-17(10)27;26-14-2-1-5-24(10-14)15-8-16(21-13-3-4-13)25-18(22-15)12(9-20-25)6-11-7-17(27)23-19(11)28/h6,8-9,12H,4-5,7H2,1-3H3,(H,23,26,27);6,8-9,13-14,21,26H,1-5,7,10H2,(H,23,27,28)/b10-6+;11-6+. The van der Waals surface area contributed by atoms with Crippen molar-refractivity contribution in [2.45, 2.75) is 95.9 Å². The molecule has 2 saturated carbocycles. The number of anilines is 3. The molecule has 4 aromatic rings. The molecule has 2 aliphatic carbocycles. The monoisotopic (exact) mass is 799 g/mol. The number of ether oxygens (including phenoxy) is 1. The van der Waals surface area contributed by atoms with Crippen molar-refractivity contribution in [3.05, 3.63) is 52.0 Å². The third kappa shape index (κ3) is 8.46. The van der Waals surface area contributed by atoms with E-state index < -0.39 is 17.6 Å². The third-order valence-electron chi connectivity index (χ3n) is 9.78. The Morgan fingerprint density at radius 1 is 0.912 bits per heavy atom. The first-order chi connectivity index (χ1) is 27.2. The molecular weight excluding hydrogens is 758 g/mol. The van der Waals surface area contributed by atoms with Crippen molar-refractivity contribution in [3.8, 4) is 0 Å². The van der Waals surface area contributed by atoms with Crippen molar-refractivity contribution in [1.82, 2.24) is 39.8 Å². The van der Waals surface area contributed by atoms with Crippen molar-refractivity contribution in [3.63, 3.8) is 0 Å². The summed E-state index contributed by atoms with van der Waals surface area (Å²) in [6, 6.07) is 3.97. The van der Waals surface area contributed by atoms with E-state index in [4.69, 9.17) is 21.3 Å². The van der Waals surface area contributed by atoms with E-state index in [1.54, 1.807) is 54.6 Å². The van der Waals surface area contributed by atoms with Crippen LogP contribution in [0.3, 0.4) is 0 Å². The maximum atomic E-state index is 12.9. The SMILES string of the molecule is CC(C)(C)OC(=O)N(c1cc(Cl)nc2c(/C=C3\CC(=O)NC3=O)cnn12)C1CC1.O=C1C/C(=C\c2cnn3c(NC4CC4)cc(N4CCCC(O)C4)nc23)C(=O)N1. The lowest BCUT2D eigenvalue weighted by Crippen LogP contribution is -2.39. The zero-order valence-corrected chi connectivity index (χ0v) is 32.4. The predicted molar refractivity (Wildman–Crippen MR) is 208 cm³/mol. The van der Waals surface area contributed by atoms with Crippen LogP contribution in [-0.4, -0.2) is 101 Å². The van der Waals surface area contributed by atoms with E-state index in [1.807, 2.05) is 6.07 Å². The number of imide groups is 2. The van der Waals surface area contributed by atoms with E-state index in [0.29, 0.717) is 52.0 Å². The molecule has 3 aliphatic heterocycles. The van der Waals surface area contributed by atoms with Crippen LogP contribution >= 0.6 is 11.6 Å². The summed E-state index contributed by atoms with van der Waals surface area (Å²) in [5, 5.41) is 27.0. The first-order valence-corrected chi connectivity index (χ1v) is 19.3. The lowest BCUT2D eigenvalue weighted by Gasteiger charge is -2.31.